The Labute approximate surface area is 154 Å². The molecule has 1 N–H and O–H groups in total. The summed E-state index contributed by atoms with van der Waals surface area (Å²) in [6, 6.07) is 11.3. The van der Waals surface area contributed by atoms with Gasteiger partial charge in [-0.3, -0.25) is 4.79 Å². The van der Waals surface area contributed by atoms with Crippen LogP contribution in [-0.4, -0.2) is 20.9 Å². The lowest BCUT2D eigenvalue weighted by Crippen LogP contribution is -2.24. The van der Waals surface area contributed by atoms with E-state index in [1.54, 1.807) is 36.4 Å². The maximum absolute atomic E-state index is 12.4. The van der Waals surface area contributed by atoms with Crippen molar-refractivity contribution in [1.29, 1.82) is 0 Å². The minimum atomic E-state index is -3.49. The molecule has 26 heavy (non-hydrogen) atoms. The molecule has 6 heteroatoms. The molecule has 0 atom stereocenters. The van der Waals surface area contributed by atoms with Gasteiger partial charge >= 0.3 is 0 Å². The summed E-state index contributed by atoms with van der Waals surface area (Å²) < 4.78 is 30.2. The highest BCUT2D eigenvalue weighted by Gasteiger charge is 2.19. The molecule has 0 aliphatic heterocycles. The van der Waals surface area contributed by atoms with Crippen LogP contribution in [0.4, 0.5) is 0 Å². The van der Waals surface area contributed by atoms with Crippen molar-refractivity contribution in [2.75, 3.05) is 6.54 Å². The highest BCUT2D eigenvalue weighted by molar-refractivity contribution is 7.90. The molecule has 5 nitrogen and oxygen atoms in total. The van der Waals surface area contributed by atoms with Crippen LogP contribution in [0.5, 0.6) is 0 Å². The lowest BCUT2D eigenvalue weighted by molar-refractivity contribution is 0.0925. The van der Waals surface area contributed by atoms with Crippen molar-refractivity contribution in [1.82, 2.24) is 5.32 Å². The molecule has 1 aromatic heterocycles. The van der Waals surface area contributed by atoms with Crippen LogP contribution < -0.4 is 5.32 Å². The predicted octanol–water partition coefficient (Wildman–Crippen LogP) is 3.87. The fraction of sp³-hybridized carbons (Fsp3) is 0.350. The number of amides is 1. The van der Waals surface area contributed by atoms with Crippen molar-refractivity contribution < 1.29 is 17.6 Å². The van der Waals surface area contributed by atoms with Crippen molar-refractivity contribution >= 4 is 15.7 Å². The second-order valence-electron chi connectivity index (χ2n) is 6.45. The molecular weight excluding hydrogens is 350 g/mol. The highest BCUT2D eigenvalue weighted by atomic mass is 32.2. The molecule has 2 aromatic rings. The SMILES string of the molecule is O=C(NCCC1=CCCCC1)c1ccc(CS(=O)(=O)c2ccccc2)o1. The molecule has 0 saturated carbocycles. The molecular formula is C20H23NO4S. The van der Waals surface area contributed by atoms with Gasteiger partial charge in [-0.15, -0.1) is 0 Å². The van der Waals surface area contributed by atoms with E-state index < -0.39 is 9.84 Å². The van der Waals surface area contributed by atoms with Crippen LogP contribution in [0.15, 0.2) is 63.4 Å². The molecule has 0 spiro atoms. The summed E-state index contributed by atoms with van der Waals surface area (Å²) in [5, 5.41) is 2.83. The topological polar surface area (TPSA) is 76.4 Å². The van der Waals surface area contributed by atoms with Crippen molar-refractivity contribution in [3.63, 3.8) is 0 Å². The van der Waals surface area contributed by atoms with Gasteiger partial charge in [0.05, 0.1) is 4.90 Å². The molecule has 1 heterocycles. The first-order valence-corrected chi connectivity index (χ1v) is 10.5. The first-order valence-electron chi connectivity index (χ1n) is 8.87. The molecule has 0 saturated heterocycles. The Balaban J connectivity index is 1.55. The van der Waals surface area contributed by atoms with E-state index in [1.807, 2.05) is 0 Å². The third kappa shape index (κ3) is 4.85. The molecule has 1 aliphatic rings. The Morgan fingerprint density at radius 2 is 1.88 bits per heavy atom. The van der Waals surface area contributed by atoms with Gasteiger partial charge in [0.2, 0.25) is 0 Å². The first-order chi connectivity index (χ1) is 12.5. The van der Waals surface area contributed by atoms with Gasteiger partial charge in [0.1, 0.15) is 11.5 Å². The Morgan fingerprint density at radius 1 is 1.08 bits per heavy atom. The van der Waals surface area contributed by atoms with Crippen LogP contribution in [0.25, 0.3) is 0 Å². The summed E-state index contributed by atoms with van der Waals surface area (Å²) in [6.07, 6.45) is 7.81. The second-order valence-corrected chi connectivity index (χ2v) is 8.44. The lowest BCUT2D eigenvalue weighted by atomic mass is 9.97. The van der Waals surface area contributed by atoms with E-state index in [1.165, 1.54) is 24.5 Å². The van der Waals surface area contributed by atoms with Crippen molar-refractivity contribution in [3.8, 4) is 0 Å². The van der Waals surface area contributed by atoms with Crippen molar-refractivity contribution in [2.45, 2.75) is 42.8 Å². The largest absolute Gasteiger partial charge is 0.455 e. The lowest BCUT2D eigenvalue weighted by Gasteiger charge is -2.12. The molecule has 1 aliphatic carbocycles. The van der Waals surface area contributed by atoms with E-state index in [4.69, 9.17) is 4.42 Å². The number of sulfone groups is 1. The maximum Gasteiger partial charge on any atom is 0.287 e. The number of carbonyl (C=O) groups is 1. The molecule has 138 valence electrons. The average Bonchev–Trinajstić information content (AvgIpc) is 3.11. The molecule has 0 fully saturated rings. The van der Waals surface area contributed by atoms with Gasteiger partial charge in [-0.1, -0.05) is 29.8 Å². The number of furan rings is 1. The summed E-state index contributed by atoms with van der Waals surface area (Å²) >= 11 is 0. The summed E-state index contributed by atoms with van der Waals surface area (Å²) in [4.78, 5) is 12.4. The second kappa shape index (κ2) is 8.36. The van der Waals surface area contributed by atoms with E-state index in [0.717, 1.165) is 19.3 Å². The van der Waals surface area contributed by atoms with Crippen LogP contribution in [0, 0.1) is 0 Å². The average molecular weight is 373 g/mol. The number of hydrogen-bond donors (Lipinski definition) is 1. The first kappa shape index (κ1) is 18.5. The number of hydrogen-bond acceptors (Lipinski definition) is 4. The van der Waals surface area contributed by atoms with Gasteiger partial charge in [0.15, 0.2) is 15.6 Å². The van der Waals surface area contributed by atoms with Crippen molar-refractivity contribution in [2.24, 2.45) is 0 Å². The van der Waals surface area contributed by atoms with Crippen LogP contribution >= 0.6 is 0 Å². The fourth-order valence-corrected chi connectivity index (χ4v) is 4.30. The molecule has 1 aromatic carbocycles. The summed E-state index contributed by atoms with van der Waals surface area (Å²) in [5.41, 5.74) is 1.39. The molecule has 0 bridgehead atoms. The smallest absolute Gasteiger partial charge is 0.287 e. The molecule has 1 amide bonds. The number of allylic oxidation sites excluding steroid dienone is 1. The Morgan fingerprint density at radius 3 is 2.62 bits per heavy atom. The normalized spacial score (nSPS) is 14.7. The van der Waals surface area contributed by atoms with Gasteiger partial charge in [-0.2, -0.15) is 0 Å². The van der Waals surface area contributed by atoms with E-state index in [2.05, 4.69) is 11.4 Å². The van der Waals surface area contributed by atoms with Gasteiger partial charge in [0, 0.05) is 6.54 Å². The Bertz CT molecular complexity index is 882. The summed E-state index contributed by atoms with van der Waals surface area (Å²) in [7, 11) is -3.49. The third-order valence-electron chi connectivity index (χ3n) is 4.44. The summed E-state index contributed by atoms with van der Waals surface area (Å²) in [5.74, 6) is -0.184. The molecule has 0 unspecified atom stereocenters. The monoisotopic (exact) mass is 373 g/mol. The number of carbonyl (C=O) groups excluding carboxylic acids is 1. The zero-order chi connectivity index (χ0) is 18.4. The van der Waals surface area contributed by atoms with E-state index in [0.29, 0.717) is 6.54 Å². The van der Waals surface area contributed by atoms with E-state index in [-0.39, 0.29) is 28.1 Å². The Kier molecular flexibility index (Phi) is 5.93. The standard InChI is InChI=1S/C20H23NO4S/c22-20(21-14-13-16-7-3-1-4-8-16)19-12-11-17(25-19)15-26(23,24)18-9-5-2-6-10-18/h2,5-7,9-12H,1,3-4,8,13-15H2,(H,21,22). The van der Waals surface area contributed by atoms with E-state index in [9.17, 15) is 13.2 Å². The van der Waals surface area contributed by atoms with Crippen LogP contribution in [0.1, 0.15) is 48.4 Å². The number of rotatable bonds is 7. The third-order valence-corrected chi connectivity index (χ3v) is 6.09. The van der Waals surface area contributed by atoms with Crippen LogP contribution in [0.3, 0.4) is 0 Å². The maximum atomic E-state index is 12.4. The minimum Gasteiger partial charge on any atom is -0.455 e. The van der Waals surface area contributed by atoms with Crippen LogP contribution in [0.2, 0.25) is 0 Å². The van der Waals surface area contributed by atoms with E-state index >= 15 is 0 Å². The van der Waals surface area contributed by atoms with Gasteiger partial charge in [-0.05, 0) is 56.4 Å². The van der Waals surface area contributed by atoms with Gasteiger partial charge < -0.3 is 9.73 Å². The fourth-order valence-electron chi connectivity index (χ4n) is 3.03. The minimum absolute atomic E-state index is 0.140. The zero-order valence-electron chi connectivity index (χ0n) is 14.6. The van der Waals surface area contributed by atoms with Crippen molar-refractivity contribution in [3.05, 3.63) is 65.6 Å². The highest BCUT2D eigenvalue weighted by Crippen LogP contribution is 2.20. The predicted molar refractivity (Wildman–Crippen MR) is 99.5 cm³/mol. The quantitative estimate of drug-likeness (QED) is 0.748. The number of benzene rings is 1. The molecule has 3 rings (SSSR count). The number of nitrogens with one attached hydrogen (secondary N) is 1. The van der Waals surface area contributed by atoms with Crippen LogP contribution in [-0.2, 0) is 15.6 Å². The molecule has 0 radical (unpaired) electrons. The van der Waals surface area contributed by atoms with Gasteiger partial charge in [0.25, 0.3) is 5.91 Å². The Hall–Kier alpha value is -2.34. The summed E-state index contributed by atoms with van der Waals surface area (Å²) in [6.45, 7) is 0.559. The van der Waals surface area contributed by atoms with Gasteiger partial charge in [-0.25, -0.2) is 8.42 Å². The zero-order valence-corrected chi connectivity index (χ0v) is 15.4.